The molecule has 0 amide bonds. The Bertz CT molecular complexity index is 928. The molecular formula is C35H66O6Si2. The lowest BCUT2D eigenvalue weighted by atomic mass is 9.87. The van der Waals surface area contributed by atoms with Crippen LogP contribution in [0.25, 0.3) is 0 Å². The number of carbonyl (C=O) groups is 3. The van der Waals surface area contributed by atoms with Gasteiger partial charge in [-0.15, -0.1) is 0 Å². The van der Waals surface area contributed by atoms with E-state index in [0.29, 0.717) is 38.0 Å². The van der Waals surface area contributed by atoms with Gasteiger partial charge in [0.25, 0.3) is 0 Å². The van der Waals surface area contributed by atoms with Crippen LogP contribution in [0.4, 0.5) is 0 Å². The number of hydrogen-bond acceptors (Lipinski definition) is 6. The summed E-state index contributed by atoms with van der Waals surface area (Å²) in [5.41, 5.74) is 0. The molecule has 1 aliphatic carbocycles. The van der Waals surface area contributed by atoms with Gasteiger partial charge in [-0.05, 0) is 61.4 Å². The monoisotopic (exact) mass is 638 g/mol. The summed E-state index contributed by atoms with van der Waals surface area (Å²) in [7, 11) is -2.81. The van der Waals surface area contributed by atoms with Crippen molar-refractivity contribution in [3.63, 3.8) is 0 Å². The maximum absolute atomic E-state index is 13.5. The van der Waals surface area contributed by atoms with E-state index in [1.165, 1.54) is 26.4 Å². The van der Waals surface area contributed by atoms with Crippen LogP contribution in [0.15, 0.2) is 12.2 Å². The first-order chi connectivity index (χ1) is 19.6. The molecule has 0 unspecified atom stereocenters. The third-order valence-electron chi connectivity index (χ3n) is 10.2. The summed E-state index contributed by atoms with van der Waals surface area (Å²) in [5, 5.41) is 0.104. The molecular weight excluding hydrogens is 573 g/mol. The molecule has 5 atom stereocenters. The van der Waals surface area contributed by atoms with Gasteiger partial charge in [-0.3, -0.25) is 14.4 Å². The smallest absolute Gasteiger partial charge is 0.305 e. The molecule has 1 aliphatic rings. The Balaban J connectivity index is 3.31. The van der Waals surface area contributed by atoms with Crippen LogP contribution >= 0.6 is 0 Å². The van der Waals surface area contributed by atoms with E-state index >= 15 is 0 Å². The van der Waals surface area contributed by atoms with Gasteiger partial charge < -0.3 is 13.6 Å². The van der Waals surface area contributed by atoms with Crippen molar-refractivity contribution in [3.05, 3.63) is 12.2 Å². The van der Waals surface area contributed by atoms with Crippen LogP contribution in [0, 0.1) is 17.8 Å². The summed E-state index contributed by atoms with van der Waals surface area (Å²) in [4.78, 5) is 38.0. The molecule has 0 aromatic heterocycles. The van der Waals surface area contributed by atoms with Crippen molar-refractivity contribution in [2.24, 2.45) is 17.8 Å². The molecule has 0 heterocycles. The average molecular weight is 639 g/mol. The number of rotatable bonds is 18. The van der Waals surface area contributed by atoms with Gasteiger partial charge >= 0.3 is 5.97 Å². The second-order valence-corrected chi connectivity index (χ2v) is 25.6. The second kappa shape index (κ2) is 17.0. The van der Waals surface area contributed by atoms with E-state index in [-0.39, 0.29) is 58.1 Å². The minimum atomic E-state index is -2.15. The molecule has 43 heavy (non-hydrogen) atoms. The van der Waals surface area contributed by atoms with E-state index in [2.05, 4.69) is 93.7 Å². The highest BCUT2D eigenvalue weighted by Gasteiger charge is 2.48. The average Bonchev–Trinajstić information content (AvgIpc) is 3.14. The number of ether oxygens (including phenoxy) is 1. The third-order valence-corrected chi connectivity index (χ3v) is 19.2. The Kier molecular flexibility index (Phi) is 15.8. The van der Waals surface area contributed by atoms with Crippen LogP contribution in [0.3, 0.4) is 0 Å². The first-order valence-corrected chi connectivity index (χ1v) is 22.6. The molecule has 1 fully saturated rings. The highest BCUT2D eigenvalue weighted by atomic mass is 28.4. The maximum Gasteiger partial charge on any atom is 0.305 e. The van der Waals surface area contributed by atoms with E-state index in [1.54, 1.807) is 0 Å². The van der Waals surface area contributed by atoms with Crippen molar-refractivity contribution in [2.45, 2.75) is 168 Å². The molecule has 0 bridgehead atoms. The van der Waals surface area contributed by atoms with Crippen LogP contribution in [-0.4, -0.2) is 53.5 Å². The van der Waals surface area contributed by atoms with Crippen molar-refractivity contribution in [3.8, 4) is 0 Å². The predicted molar refractivity (Wildman–Crippen MR) is 183 cm³/mol. The molecule has 250 valence electrons. The highest BCUT2D eigenvalue weighted by molar-refractivity contribution is 6.74. The molecule has 0 aromatic rings. The molecule has 1 rings (SSSR count). The van der Waals surface area contributed by atoms with Gasteiger partial charge in [0.2, 0.25) is 0 Å². The Labute approximate surface area is 266 Å². The van der Waals surface area contributed by atoms with Crippen molar-refractivity contribution in [1.82, 2.24) is 0 Å². The Hall–Kier alpha value is -1.10. The van der Waals surface area contributed by atoms with Gasteiger partial charge in [-0.25, -0.2) is 0 Å². The molecule has 0 spiro atoms. The summed E-state index contributed by atoms with van der Waals surface area (Å²) >= 11 is 0. The van der Waals surface area contributed by atoms with E-state index in [0.717, 1.165) is 6.42 Å². The molecule has 6 nitrogen and oxygen atoms in total. The maximum atomic E-state index is 13.5. The largest absolute Gasteiger partial charge is 0.469 e. The van der Waals surface area contributed by atoms with Crippen LogP contribution < -0.4 is 0 Å². The summed E-state index contributed by atoms with van der Waals surface area (Å²) in [6.45, 7) is 27.1. The van der Waals surface area contributed by atoms with Crippen molar-refractivity contribution in [2.75, 3.05) is 7.11 Å². The summed E-state index contributed by atoms with van der Waals surface area (Å²) < 4.78 is 18.6. The minimum Gasteiger partial charge on any atom is -0.469 e. The van der Waals surface area contributed by atoms with Gasteiger partial charge in [-0.1, -0.05) is 86.8 Å². The van der Waals surface area contributed by atoms with Crippen LogP contribution in [0.2, 0.25) is 36.3 Å². The first kappa shape index (κ1) is 39.9. The number of ketones is 2. The van der Waals surface area contributed by atoms with Crippen LogP contribution in [0.5, 0.6) is 0 Å². The van der Waals surface area contributed by atoms with Gasteiger partial charge in [0.05, 0.1) is 19.3 Å². The Morgan fingerprint density at radius 2 is 1.53 bits per heavy atom. The zero-order chi connectivity index (χ0) is 33.2. The van der Waals surface area contributed by atoms with Crippen LogP contribution in [0.1, 0.15) is 120 Å². The number of esters is 1. The number of methoxy groups -OCH3 is 1. The summed E-state index contributed by atoms with van der Waals surface area (Å²) in [6, 6.07) is 0. The zero-order valence-corrected chi connectivity index (χ0v) is 32.1. The fraction of sp³-hybridized carbons (Fsp3) is 0.857. The van der Waals surface area contributed by atoms with Crippen LogP contribution in [-0.2, 0) is 28.0 Å². The molecule has 0 aliphatic heterocycles. The Morgan fingerprint density at radius 1 is 0.953 bits per heavy atom. The molecule has 1 saturated carbocycles. The molecule has 0 N–H and O–H groups in total. The standard InChI is InChI=1S/C35H66O6Si2/c1-14-15-18-26(2)23-28(40-42(10,11)34(3,4)5)21-22-29-30(24-27(36)19-16-17-20-33(38)39-9)31(37)25-32(29)41-43(12,13)35(6,7)8/h21-22,26,28-30,32H,14-20,23-25H2,1-13H3/b22-21+/t26-,28+,29+,30+,32+/m0/s1. The topological polar surface area (TPSA) is 78.9 Å². The minimum absolute atomic E-state index is 0.0144. The second-order valence-electron chi connectivity index (χ2n) is 16.1. The van der Waals surface area contributed by atoms with Gasteiger partial charge in [0.1, 0.15) is 11.6 Å². The summed E-state index contributed by atoms with van der Waals surface area (Å²) in [6.07, 6.45) is 11.1. The fourth-order valence-electron chi connectivity index (χ4n) is 5.22. The highest BCUT2D eigenvalue weighted by Crippen LogP contribution is 2.43. The van der Waals surface area contributed by atoms with Crippen molar-refractivity contribution >= 4 is 34.2 Å². The lowest BCUT2D eigenvalue weighted by Crippen LogP contribution is -2.45. The number of carbonyl (C=O) groups excluding carboxylic acids is 3. The molecule has 0 saturated heterocycles. The van der Waals surface area contributed by atoms with Gasteiger partial charge in [-0.2, -0.15) is 0 Å². The first-order valence-electron chi connectivity index (χ1n) is 16.8. The van der Waals surface area contributed by atoms with E-state index < -0.39 is 16.6 Å². The van der Waals surface area contributed by atoms with Gasteiger partial charge in [0, 0.05) is 37.5 Å². The SMILES string of the molecule is CCCC[C@H](C)C[C@@H](/C=C/[C@H]1[C@H](O[Si](C)(C)C(C)(C)C)CC(=O)[C@@H]1CC(=O)CCCCC(=O)OC)O[Si](C)(C)C(C)(C)C. The fourth-order valence-corrected chi connectivity index (χ4v) is 7.86. The Morgan fingerprint density at radius 3 is 2.07 bits per heavy atom. The van der Waals surface area contributed by atoms with E-state index in [1.807, 2.05) is 0 Å². The number of unbranched alkanes of at least 4 members (excludes halogenated alkanes) is 2. The quantitative estimate of drug-likeness (QED) is 0.0644. The predicted octanol–water partition coefficient (Wildman–Crippen LogP) is 9.44. The van der Waals surface area contributed by atoms with Crippen molar-refractivity contribution < 1.29 is 28.0 Å². The van der Waals surface area contributed by atoms with Crippen molar-refractivity contribution in [1.29, 1.82) is 0 Å². The zero-order valence-electron chi connectivity index (χ0n) is 30.1. The third kappa shape index (κ3) is 13.0. The molecule has 0 aromatic carbocycles. The van der Waals surface area contributed by atoms with Gasteiger partial charge in [0.15, 0.2) is 16.6 Å². The lowest BCUT2D eigenvalue weighted by molar-refractivity contribution is -0.140. The lowest BCUT2D eigenvalue weighted by Gasteiger charge is -2.40. The molecule has 8 heteroatoms. The van der Waals surface area contributed by atoms with E-state index in [9.17, 15) is 14.4 Å². The molecule has 0 radical (unpaired) electrons. The normalized spacial score (nSPS) is 21.8. The number of hydrogen-bond donors (Lipinski definition) is 0. The van der Waals surface area contributed by atoms with E-state index in [4.69, 9.17) is 13.6 Å². The number of Topliss-reactive ketones (excluding diaryl/α,β-unsaturated/α-hetero) is 2. The summed E-state index contributed by atoms with van der Waals surface area (Å²) in [5.74, 6) is -0.0579.